The predicted octanol–water partition coefficient (Wildman–Crippen LogP) is 0.0879. The van der Waals surface area contributed by atoms with Gasteiger partial charge in [0.1, 0.15) is 0 Å². The average molecular weight is 159 g/mol. The molecule has 3 heteroatoms. The molecule has 0 amide bonds. The van der Waals surface area contributed by atoms with Gasteiger partial charge >= 0.3 is 0 Å². The van der Waals surface area contributed by atoms with E-state index in [1.165, 1.54) is 0 Å². The van der Waals surface area contributed by atoms with Crippen LogP contribution in [0.5, 0.6) is 0 Å². The van der Waals surface area contributed by atoms with E-state index in [0.717, 1.165) is 13.0 Å². The maximum absolute atomic E-state index is 9.18. The lowest BCUT2D eigenvalue weighted by molar-refractivity contribution is -0.0154. The highest BCUT2D eigenvalue weighted by Gasteiger charge is 2.42. The fourth-order valence-corrected chi connectivity index (χ4v) is 1.72. The molecule has 0 unspecified atom stereocenters. The van der Waals surface area contributed by atoms with Crippen molar-refractivity contribution in [3.05, 3.63) is 0 Å². The standard InChI is InChI=1S/C8H17NO2/c1-8(6-10)7(11-3)4-5-9(8)2/h7,10H,4-6H2,1-3H3/t7-,8+/m1/s1. The van der Waals surface area contributed by atoms with Crippen LogP contribution in [-0.2, 0) is 4.74 Å². The van der Waals surface area contributed by atoms with Gasteiger partial charge in [-0.1, -0.05) is 0 Å². The molecule has 0 aromatic carbocycles. The van der Waals surface area contributed by atoms with Crippen molar-refractivity contribution in [1.82, 2.24) is 4.90 Å². The number of aliphatic hydroxyl groups is 1. The molecule has 0 spiro atoms. The molecule has 1 fully saturated rings. The third kappa shape index (κ3) is 1.28. The zero-order chi connectivity index (χ0) is 8.48. The van der Waals surface area contributed by atoms with E-state index in [2.05, 4.69) is 4.90 Å². The van der Waals surface area contributed by atoms with Crippen molar-refractivity contribution in [2.45, 2.75) is 25.0 Å². The lowest BCUT2D eigenvalue weighted by atomic mass is 9.97. The van der Waals surface area contributed by atoms with Gasteiger partial charge in [-0.15, -0.1) is 0 Å². The number of ether oxygens (including phenoxy) is 1. The van der Waals surface area contributed by atoms with Gasteiger partial charge in [-0.2, -0.15) is 0 Å². The first-order chi connectivity index (χ1) is 5.15. The van der Waals surface area contributed by atoms with Crippen molar-refractivity contribution in [3.8, 4) is 0 Å². The predicted molar refractivity (Wildman–Crippen MR) is 43.5 cm³/mol. The van der Waals surface area contributed by atoms with Gasteiger partial charge < -0.3 is 9.84 Å². The van der Waals surface area contributed by atoms with Crippen molar-refractivity contribution < 1.29 is 9.84 Å². The molecule has 66 valence electrons. The zero-order valence-electron chi connectivity index (χ0n) is 7.50. The lowest BCUT2D eigenvalue weighted by Gasteiger charge is -2.34. The minimum atomic E-state index is -0.172. The highest BCUT2D eigenvalue weighted by atomic mass is 16.5. The molecular formula is C8H17NO2. The summed E-state index contributed by atoms with van der Waals surface area (Å²) in [6.45, 7) is 3.21. The zero-order valence-corrected chi connectivity index (χ0v) is 7.50. The summed E-state index contributed by atoms with van der Waals surface area (Å²) in [5.41, 5.74) is -0.172. The van der Waals surface area contributed by atoms with Crippen molar-refractivity contribution in [2.24, 2.45) is 0 Å². The summed E-state index contributed by atoms with van der Waals surface area (Å²) in [6, 6.07) is 0. The number of hydrogen-bond acceptors (Lipinski definition) is 3. The fraction of sp³-hybridized carbons (Fsp3) is 1.00. The molecule has 3 nitrogen and oxygen atoms in total. The second kappa shape index (κ2) is 3.09. The molecule has 1 aliphatic heterocycles. The first kappa shape index (κ1) is 8.97. The molecule has 0 aromatic rings. The van der Waals surface area contributed by atoms with Crippen molar-refractivity contribution in [3.63, 3.8) is 0 Å². The third-order valence-corrected chi connectivity index (χ3v) is 2.90. The second-order valence-corrected chi connectivity index (χ2v) is 3.45. The number of likely N-dealkylation sites (N-methyl/N-ethyl adjacent to an activating group) is 1. The Morgan fingerprint density at radius 2 is 2.36 bits per heavy atom. The average Bonchev–Trinajstić information content (AvgIpc) is 2.30. The maximum atomic E-state index is 9.18. The van der Waals surface area contributed by atoms with Gasteiger partial charge in [0.25, 0.3) is 0 Å². The van der Waals surface area contributed by atoms with Crippen LogP contribution >= 0.6 is 0 Å². The molecule has 0 bridgehead atoms. The van der Waals surface area contributed by atoms with Crippen LogP contribution in [0.25, 0.3) is 0 Å². The second-order valence-electron chi connectivity index (χ2n) is 3.45. The summed E-state index contributed by atoms with van der Waals surface area (Å²) >= 11 is 0. The number of methoxy groups -OCH3 is 1. The molecule has 0 aliphatic carbocycles. The molecule has 1 aliphatic rings. The Bertz CT molecular complexity index is 140. The summed E-state index contributed by atoms with van der Waals surface area (Å²) in [5.74, 6) is 0. The quantitative estimate of drug-likeness (QED) is 0.619. The number of hydrogen-bond donors (Lipinski definition) is 1. The van der Waals surface area contributed by atoms with Crippen molar-refractivity contribution >= 4 is 0 Å². The van der Waals surface area contributed by atoms with Crippen LogP contribution in [0, 0.1) is 0 Å². The Balaban J connectivity index is 2.70. The fourth-order valence-electron chi connectivity index (χ4n) is 1.72. The molecule has 1 saturated heterocycles. The normalized spacial score (nSPS) is 39.8. The van der Waals surface area contributed by atoms with Crippen LogP contribution in [-0.4, -0.2) is 49.0 Å². The number of nitrogens with zero attached hydrogens (tertiary/aromatic N) is 1. The number of likely N-dealkylation sites (tertiary alicyclic amines) is 1. The Morgan fingerprint density at radius 3 is 2.73 bits per heavy atom. The van der Waals surface area contributed by atoms with Gasteiger partial charge in [-0.25, -0.2) is 0 Å². The van der Waals surface area contributed by atoms with Crippen LogP contribution in [0.4, 0.5) is 0 Å². The van der Waals surface area contributed by atoms with Crippen LogP contribution in [0.3, 0.4) is 0 Å². The highest BCUT2D eigenvalue weighted by molar-refractivity contribution is 4.97. The van der Waals surface area contributed by atoms with Gasteiger partial charge in [-0.3, -0.25) is 4.90 Å². The minimum Gasteiger partial charge on any atom is -0.394 e. The lowest BCUT2D eigenvalue weighted by Crippen LogP contribution is -2.49. The van der Waals surface area contributed by atoms with Crippen LogP contribution < -0.4 is 0 Å². The first-order valence-corrected chi connectivity index (χ1v) is 4.00. The summed E-state index contributed by atoms with van der Waals surface area (Å²) in [7, 11) is 3.73. The summed E-state index contributed by atoms with van der Waals surface area (Å²) in [4.78, 5) is 2.15. The smallest absolute Gasteiger partial charge is 0.0786 e. The summed E-state index contributed by atoms with van der Waals surface area (Å²) in [5, 5.41) is 9.18. The molecule has 0 aromatic heterocycles. The molecule has 2 atom stereocenters. The molecule has 0 radical (unpaired) electrons. The van der Waals surface area contributed by atoms with E-state index < -0.39 is 0 Å². The number of rotatable bonds is 2. The first-order valence-electron chi connectivity index (χ1n) is 4.00. The Morgan fingerprint density at radius 1 is 1.73 bits per heavy atom. The summed E-state index contributed by atoms with van der Waals surface area (Å²) in [6.07, 6.45) is 1.20. The third-order valence-electron chi connectivity index (χ3n) is 2.90. The number of aliphatic hydroxyl groups excluding tert-OH is 1. The Hall–Kier alpha value is -0.120. The van der Waals surface area contributed by atoms with Gasteiger partial charge in [-0.05, 0) is 20.4 Å². The Labute approximate surface area is 68.0 Å². The van der Waals surface area contributed by atoms with Gasteiger partial charge in [0.15, 0.2) is 0 Å². The SMILES string of the molecule is CO[C@@H]1CCN(C)[C@@]1(C)CO. The van der Waals surface area contributed by atoms with E-state index in [1.807, 2.05) is 14.0 Å². The molecule has 1 rings (SSSR count). The van der Waals surface area contributed by atoms with Crippen molar-refractivity contribution in [2.75, 3.05) is 27.3 Å². The monoisotopic (exact) mass is 159 g/mol. The molecule has 11 heavy (non-hydrogen) atoms. The maximum Gasteiger partial charge on any atom is 0.0786 e. The molecular weight excluding hydrogens is 142 g/mol. The van der Waals surface area contributed by atoms with Gasteiger partial charge in [0.05, 0.1) is 18.2 Å². The van der Waals surface area contributed by atoms with E-state index in [4.69, 9.17) is 4.74 Å². The Kier molecular flexibility index (Phi) is 2.52. The van der Waals surface area contributed by atoms with Crippen molar-refractivity contribution in [1.29, 1.82) is 0 Å². The van der Waals surface area contributed by atoms with E-state index in [0.29, 0.717) is 0 Å². The van der Waals surface area contributed by atoms with Crippen LogP contribution in [0.1, 0.15) is 13.3 Å². The largest absolute Gasteiger partial charge is 0.394 e. The topological polar surface area (TPSA) is 32.7 Å². The molecule has 1 N–H and O–H groups in total. The van der Waals surface area contributed by atoms with E-state index in [-0.39, 0.29) is 18.2 Å². The van der Waals surface area contributed by atoms with E-state index in [1.54, 1.807) is 7.11 Å². The van der Waals surface area contributed by atoms with Gasteiger partial charge in [0, 0.05) is 13.7 Å². The van der Waals surface area contributed by atoms with Crippen LogP contribution in [0.15, 0.2) is 0 Å². The van der Waals surface area contributed by atoms with Crippen LogP contribution in [0.2, 0.25) is 0 Å². The van der Waals surface area contributed by atoms with E-state index >= 15 is 0 Å². The minimum absolute atomic E-state index is 0.169. The van der Waals surface area contributed by atoms with Gasteiger partial charge in [0.2, 0.25) is 0 Å². The molecule has 1 heterocycles. The summed E-state index contributed by atoms with van der Waals surface area (Å²) < 4.78 is 5.29. The highest BCUT2D eigenvalue weighted by Crippen LogP contribution is 2.28. The van der Waals surface area contributed by atoms with E-state index in [9.17, 15) is 5.11 Å². The molecule has 0 saturated carbocycles.